The number of nitrogens with one attached hydrogen (secondary N) is 1. The van der Waals surface area contributed by atoms with E-state index in [9.17, 15) is 9.50 Å². The van der Waals surface area contributed by atoms with E-state index < -0.39 is 0 Å². The fourth-order valence-electron chi connectivity index (χ4n) is 2.08. The van der Waals surface area contributed by atoms with Gasteiger partial charge in [-0.1, -0.05) is 24.3 Å². The van der Waals surface area contributed by atoms with Gasteiger partial charge in [-0.3, -0.25) is 4.99 Å². The Bertz CT molecular complexity index is 805. The monoisotopic (exact) mass is 268 g/mol. The van der Waals surface area contributed by atoms with Crippen LogP contribution >= 0.6 is 0 Å². The first-order valence-corrected chi connectivity index (χ1v) is 6.25. The average Bonchev–Trinajstić information content (AvgIpc) is 2.76. The summed E-state index contributed by atoms with van der Waals surface area (Å²) in [6, 6.07) is 12.3. The second kappa shape index (κ2) is 4.81. The minimum Gasteiger partial charge on any atom is -0.494 e. The third kappa shape index (κ3) is 2.16. The van der Waals surface area contributed by atoms with Crippen molar-refractivity contribution in [2.45, 2.75) is 6.92 Å². The maximum atomic E-state index is 13.4. The molecule has 0 saturated carbocycles. The van der Waals surface area contributed by atoms with Crippen molar-refractivity contribution in [1.29, 1.82) is 0 Å². The Labute approximate surface area is 115 Å². The maximum absolute atomic E-state index is 13.4. The average molecular weight is 268 g/mol. The van der Waals surface area contributed by atoms with Crippen LogP contribution in [0.1, 0.15) is 11.1 Å². The Morgan fingerprint density at radius 1 is 1.20 bits per heavy atom. The van der Waals surface area contributed by atoms with Crippen molar-refractivity contribution >= 4 is 22.8 Å². The number of benzene rings is 2. The smallest absolute Gasteiger partial charge is 0.198 e. The van der Waals surface area contributed by atoms with Gasteiger partial charge in [0.2, 0.25) is 0 Å². The quantitative estimate of drug-likeness (QED) is 0.676. The lowest BCUT2D eigenvalue weighted by Crippen LogP contribution is -1.82. The van der Waals surface area contributed by atoms with Gasteiger partial charge in [0.05, 0.1) is 11.3 Å². The highest BCUT2D eigenvalue weighted by atomic mass is 19.1. The fourth-order valence-corrected chi connectivity index (χ4v) is 2.08. The number of H-pyrrole nitrogens is 1. The van der Waals surface area contributed by atoms with Gasteiger partial charge in [-0.05, 0) is 30.7 Å². The molecular weight excluding hydrogens is 255 g/mol. The van der Waals surface area contributed by atoms with Gasteiger partial charge in [0.25, 0.3) is 0 Å². The molecule has 0 unspecified atom stereocenters. The second-order valence-corrected chi connectivity index (χ2v) is 4.62. The molecular formula is C16H13FN2O. The van der Waals surface area contributed by atoms with Crippen LogP contribution in [0.15, 0.2) is 47.5 Å². The zero-order valence-electron chi connectivity index (χ0n) is 10.9. The van der Waals surface area contributed by atoms with Crippen molar-refractivity contribution in [1.82, 2.24) is 4.98 Å². The zero-order chi connectivity index (χ0) is 14.1. The fraction of sp³-hybridized carbons (Fsp3) is 0.0625. The number of aromatic nitrogens is 1. The highest BCUT2D eigenvalue weighted by molar-refractivity contribution is 6.02. The molecule has 0 amide bonds. The van der Waals surface area contributed by atoms with E-state index in [1.54, 1.807) is 19.1 Å². The molecule has 3 rings (SSSR count). The van der Waals surface area contributed by atoms with Crippen LogP contribution in [0.2, 0.25) is 0 Å². The predicted octanol–water partition coefficient (Wildman–Crippen LogP) is 4.07. The van der Waals surface area contributed by atoms with Crippen LogP contribution in [-0.2, 0) is 0 Å². The summed E-state index contributed by atoms with van der Waals surface area (Å²) in [5, 5.41) is 10.8. The van der Waals surface area contributed by atoms with Crippen molar-refractivity contribution in [3.05, 3.63) is 59.4 Å². The number of fused-ring (bicyclic) bond motifs is 1. The zero-order valence-corrected chi connectivity index (χ0v) is 10.9. The summed E-state index contributed by atoms with van der Waals surface area (Å²) in [7, 11) is 0. The Morgan fingerprint density at radius 2 is 2.00 bits per heavy atom. The van der Waals surface area contributed by atoms with Gasteiger partial charge in [0, 0.05) is 17.1 Å². The van der Waals surface area contributed by atoms with Crippen molar-refractivity contribution in [2.75, 3.05) is 0 Å². The number of aliphatic imine (C=N–C) groups is 1. The third-order valence-corrected chi connectivity index (χ3v) is 3.22. The lowest BCUT2D eigenvalue weighted by atomic mass is 10.2. The molecule has 0 spiro atoms. The van der Waals surface area contributed by atoms with Crippen molar-refractivity contribution in [3.8, 4) is 5.88 Å². The number of aryl methyl sites for hydroxylation is 1. The summed E-state index contributed by atoms with van der Waals surface area (Å²) < 4.78 is 13.4. The van der Waals surface area contributed by atoms with E-state index >= 15 is 0 Å². The molecule has 0 radical (unpaired) electrons. The number of hydrogen-bond donors (Lipinski definition) is 2. The molecule has 2 N–H and O–H groups in total. The van der Waals surface area contributed by atoms with Crippen LogP contribution in [0.25, 0.3) is 10.9 Å². The van der Waals surface area contributed by atoms with Gasteiger partial charge in [0.1, 0.15) is 5.82 Å². The standard InChI is InChI=1S/C16H13FN2O/c1-10-6-7-11(8-14(10)17)18-9-13-12-4-2-3-5-15(12)19-16(13)20/h2-9,19-20H,1H3. The Kier molecular flexibility index (Phi) is 2.99. The summed E-state index contributed by atoms with van der Waals surface area (Å²) in [5.74, 6) is -0.231. The van der Waals surface area contributed by atoms with E-state index in [1.807, 2.05) is 24.3 Å². The van der Waals surface area contributed by atoms with Crippen molar-refractivity contribution in [2.24, 2.45) is 4.99 Å². The van der Waals surface area contributed by atoms with Gasteiger partial charge in [-0.2, -0.15) is 0 Å². The van der Waals surface area contributed by atoms with Gasteiger partial charge in [0.15, 0.2) is 5.88 Å². The molecule has 0 aliphatic heterocycles. The molecule has 0 atom stereocenters. The minimum atomic E-state index is -0.289. The molecule has 0 saturated heterocycles. The number of halogens is 1. The van der Waals surface area contributed by atoms with E-state index in [-0.39, 0.29) is 11.7 Å². The summed E-state index contributed by atoms with van der Waals surface area (Å²) in [4.78, 5) is 7.09. The molecule has 3 nitrogen and oxygen atoms in total. The Balaban J connectivity index is 2.02. The topological polar surface area (TPSA) is 48.4 Å². The lowest BCUT2D eigenvalue weighted by molar-refractivity contribution is 0.457. The summed E-state index contributed by atoms with van der Waals surface area (Å²) in [5.41, 5.74) is 2.53. The maximum Gasteiger partial charge on any atom is 0.198 e. The first kappa shape index (κ1) is 12.4. The molecule has 0 aliphatic carbocycles. The first-order valence-electron chi connectivity index (χ1n) is 6.25. The number of hydrogen-bond acceptors (Lipinski definition) is 2. The normalized spacial score (nSPS) is 11.5. The SMILES string of the molecule is Cc1ccc(N=Cc2c(O)[nH]c3ccccc23)cc1F. The highest BCUT2D eigenvalue weighted by Crippen LogP contribution is 2.26. The number of aromatic hydroxyl groups is 1. The van der Waals surface area contributed by atoms with Gasteiger partial charge in [-0.25, -0.2) is 4.39 Å². The van der Waals surface area contributed by atoms with E-state index in [1.165, 1.54) is 12.3 Å². The van der Waals surface area contributed by atoms with Gasteiger partial charge < -0.3 is 10.1 Å². The molecule has 3 aromatic rings. The molecule has 0 bridgehead atoms. The molecule has 100 valence electrons. The van der Waals surface area contributed by atoms with Crippen LogP contribution in [0, 0.1) is 12.7 Å². The van der Waals surface area contributed by atoms with Gasteiger partial charge >= 0.3 is 0 Å². The Hall–Kier alpha value is -2.62. The number of para-hydroxylation sites is 1. The first-order chi connectivity index (χ1) is 9.65. The summed E-state index contributed by atoms with van der Waals surface area (Å²) in [6.07, 6.45) is 1.54. The van der Waals surface area contributed by atoms with Crippen molar-refractivity contribution < 1.29 is 9.50 Å². The number of aromatic amines is 1. The van der Waals surface area contributed by atoms with E-state index in [2.05, 4.69) is 9.98 Å². The molecule has 20 heavy (non-hydrogen) atoms. The van der Waals surface area contributed by atoms with Crippen LogP contribution in [0.3, 0.4) is 0 Å². The predicted molar refractivity (Wildman–Crippen MR) is 78.4 cm³/mol. The van der Waals surface area contributed by atoms with Crippen LogP contribution in [0.5, 0.6) is 5.88 Å². The second-order valence-electron chi connectivity index (χ2n) is 4.62. The van der Waals surface area contributed by atoms with Crippen LogP contribution in [0.4, 0.5) is 10.1 Å². The molecule has 4 heteroatoms. The van der Waals surface area contributed by atoms with Gasteiger partial charge in [-0.15, -0.1) is 0 Å². The summed E-state index contributed by atoms with van der Waals surface area (Å²) >= 11 is 0. The molecule has 1 heterocycles. The summed E-state index contributed by atoms with van der Waals surface area (Å²) in [6.45, 7) is 1.70. The van der Waals surface area contributed by atoms with E-state index in [0.29, 0.717) is 16.8 Å². The highest BCUT2D eigenvalue weighted by Gasteiger charge is 2.07. The van der Waals surface area contributed by atoms with Crippen molar-refractivity contribution in [3.63, 3.8) is 0 Å². The van der Waals surface area contributed by atoms with Crippen LogP contribution < -0.4 is 0 Å². The van der Waals surface area contributed by atoms with E-state index in [4.69, 9.17) is 0 Å². The molecule has 1 aromatic heterocycles. The lowest BCUT2D eigenvalue weighted by Gasteiger charge is -1.97. The molecule has 0 aliphatic rings. The largest absolute Gasteiger partial charge is 0.494 e. The number of rotatable bonds is 2. The number of nitrogens with zero attached hydrogens (tertiary/aromatic N) is 1. The van der Waals surface area contributed by atoms with E-state index in [0.717, 1.165) is 10.9 Å². The molecule has 2 aromatic carbocycles. The Morgan fingerprint density at radius 3 is 2.80 bits per heavy atom. The minimum absolute atomic E-state index is 0.0579. The third-order valence-electron chi connectivity index (χ3n) is 3.22. The van der Waals surface area contributed by atoms with Crippen LogP contribution in [-0.4, -0.2) is 16.3 Å². The molecule has 0 fully saturated rings.